The van der Waals surface area contributed by atoms with Crippen molar-refractivity contribution < 1.29 is 19.1 Å². The predicted octanol–water partition coefficient (Wildman–Crippen LogP) is 5.02. The largest absolute Gasteiger partial charge is 0.497 e. The number of anilines is 3. The van der Waals surface area contributed by atoms with Gasteiger partial charge in [-0.15, -0.1) is 0 Å². The van der Waals surface area contributed by atoms with Crippen LogP contribution in [0.2, 0.25) is 5.02 Å². The van der Waals surface area contributed by atoms with E-state index in [4.69, 9.17) is 21.1 Å². The highest BCUT2D eigenvalue weighted by Crippen LogP contribution is 2.29. The van der Waals surface area contributed by atoms with E-state index >= 15 is 0 Å². The van der Waals surface area contributed by atoms with Gasteiger partial charge in [0.15, 0.2) is 0 Å². The number of halogens is 1. The van der Waals surface area contributed by atoms with Crippen molar-refractivity contribution in [3.05, 3.63) is 82.4 Å². The zero-order valence-corrected chi connectivity index (χ0v) is 20.8. The van der Waals surface area contributed by atoms with Gasteiger partial charge in [-0.05, 0) is 67.1 Å². The lowest BCUT2D eigenvalue weighted by atomic mass is 10.1. The van der Waals surface area contributed by atoms with Crippen LogP contribution in [0.4, 0.5) is 17.1 Å². The van der Waals surface area contributed by atoms with Gasteiger partial charge in [0.1, 0.15) is 5.75 Å². The normalized spacial score (nSPS) is 13.4. The highest BCUT2D eigenvalue weighted by atomic mass is 35.5. The van der Waals surface area contributed by atoms with Gasteiger partial charge in [-0.3, -0.25) is 4.79 Å². The molecular weight excluding hydrogens is 466 g/mol. The van der Waals surface area contributed by atoms with Crippen LogP contribution in [-0.2, 0) is 4.74 Å². The summed E-state index contributed by atoms with van der Waals surface area (Å²) in [5, 5.41) is 3.55. The molecule has 4 rings (SSSR count). The molecule has 0 bridgehead atoms. The third-order valence-electron chi connectivity index (χ3n) is 6.17. The van der Waals surface area contributed by atoms with Crippen LogP contribution in [0.3, 0.4) is 0 Å². The number of esters is 1. The first-order valence-corrected chi connectivity index (χ1v) is 11.7. The molecule has 3 aromatic carbocycles. The lowest BCUT2D eigenvalue weighted by Gasteiger charge is -2.38. The number of amides is 1. The van der Waals surface area contributed by atoms with E-state index < -0.39 is 5.97 Å². The van der Waals surface area contributed by atoms with Gasteiger partial charge in [-0.25, -0.2) is 4.79 Å². The Morgan fingerprint density at radius 3 is 2.23 bits per heavy atom. The second-order valence-corrected chi connectivity index (χ2v) is 8.75. The van der Waals surface area contributed by atoms with Crippen molar-refractivity contribution in [2.75, 3.05) is 55.5 Å². The van der Waals surface area contributed by atoms with Crippen molar-refractivity contribution in [2.45, 2.75) is 6.92 Å². The summed E-state index contributed by atoms with van der Waals surface area (Å²) >= 11 is 6.21. The standard InChI is InChI=1S/C27H28ClN3O4/c1-18-4-7-20(28)16-25(18)31-14-12-30(13-15-31)21-8-11-24(23(17-21)27(33)35-3)29-26(32)19-5-9-22(34-2)10-6-19/h4-11,16-17H,12-15H2,1-3H3,(H,29,32). The Hall–Kier alpha value is -3.71. The summed E-state index contributed by atoms with van der Waals surface area (Å²) < 4.78 is 10.1. The van der Waals surface area contributed by atoms with E-state index in [1.807, 2.05) is 24.3 Å². The fourth-order valence-corrected chi connectivity index (χ4v) is 4.35. The number of carbonyl (C=O) groups is 2. The fraction of sp³-hybridized carbons (Fsp3) is 0.259. The van der Waals surface area contributed by atoms with E-state index in [9.17, 15) is 9.59 Å². The summed E-state index contributed by atoms with van der Waals surface area (Å²) in [5.74, 6) is -0.173. The van der Waals surface area contributed by atoms with E-state index in [0.29, 0.717) is 22.6 Å². The molecule has 35 heavy (non-hydrogen) atoms. The van der Waals surface area contributed by atoms with E-state index in [1.54, 1.807) is 43.5 Å². The van der Waals surface area contributed by atoms with Gasteiger partial charge in [0.25, 0.3) is 5.91 Å². The Morgan fingerprint density at radius 1 is 0.886 bits per heavy atom. The Kier molecular flexibility index (Phi) is 7.46. The van der Waals surface area contributed by atoms with Crippen molar-refractivity contribution in [3.8, 4) is 5.75 Å². The Bertz CT molecular complexity index is 1220. The lowest BCUT2D eigenvalue weighted by Crippen LogP contribution is -2.46. The number of rotatable bonds is 6. The number of nitrogens with one attached hydrogen (secondary N) is 1. The number of carbonyl (C=O) groups excluding carboxylic acids is 2. The number of hydrogen-bond donors (Lipinski definition) is 1. The second kappa shape index (κ2) is 10.7. The maximum absolute atomic E-state index is 12.8. The molecule has 0 aromatic heterocycles. The van der Waals surface area contributed by atoms with Gasteiger partial charge in [-0.1, -0.05) is 17.7 Å². The van der Waals surface area contributed by atoms with Crippen LogP contribution in [0.15, 0.2) is 60.7 Å². The van der Waals surface area contributed by atoms with Crippen LogP contribution in [0, 0.1) is 6.92 Å². The summed E-state index contributed by atoms with van der Waals surface area (Å²) in [4.78, 5) is 29.8. The van der Waals surface area contributed by atoms with Crippen LogP contribution in [-0.4, -0.2) is 52.3 Å². The third kappa shape index (κ3) is 5.52. The number of benzene rings is 3. The first-order chi connectivity index (χ1) is 16.9. The lowest BCUT2D eigenvalue weighted by molar-refractivity contribution is 0.0602. The van der Waals surface area contributed by atoms with Gasteiger partial charge < -0.3 is 24.6 Å². The molecule has 0 aliphatic carbocycles. The molecule has 1 saturated heterocycles. The molecular formula is C27H28ClN3O4. The second-order valence-electron chi connectivity index (χ2n) is 8.31. The van der Waals surface area contributed by atoms with Crippen molar-refractivity contribution in [1.29, 1.82) is 0 Å². The van der Waals surface area contributed by atoms with Crippen molar-refractivity contribution in [2.24, 2.45) is 0 Å². The summed E-state index contributed by atoms with van der Waals surface area (Å²) in [6, 6.07) is 18.1. The molecule has 1 amide bonds. The molecule has 0 saturated carbocycles. The predicted molar refractivity (Wildman–Crippen MR) is 139 cm³/mol. The van der Waals surface area contributed by atoms with Gasteiger partial charge in [0.2, 0.25) is 0 Å². The number of nitrogens with zero attached hydrogens (tertiary/aromatic N) is 2. The molecule has 0 unspecified atom stereocenters. The van der Waals surface area contributed by atoms with Gasteiger partial charge in [0, 0.05) is 48.1 Å². The summed E-state index contributed by atoms with van der Waals surface area (Å²) in [6.45, 7) is 5.29. The third-order valence-corrected chi connectivity index (χ3v) is 6.40. The molecule has 1 aliphatic heterocycles. The zero-order chi connectivity index (χ0) is 24.9. The summed E-state index contributed by atoms with van der Waals surface area (Å²) in [7, 11) is 2.90. The van der Waals surface area contributed by atoms with Crippen LogP contribution >= 0.6 is 11.6 Å². The number of methoxy groups -OCH3 is 2. The molecule has 1 fully saturated rings. The average Bonchev–Trinajstić information content (AvgIpc) is 2.90. The minimum Gasteiger partial charge on any atom is -0.497 e. The smallest absolute Gasteiger partial charge is 0.340 e. The fourth-order valence-electron chi connectivity index (χ4n) is 4.18. The van der Waals surface area contributed by atoms with E-state index in [1.165, 1.54) is 12.7 Å². The maximum Gasteiger partial charge on any atom is 0.340 e. The first-order valence-electron chi connectivity index (χ1n) is 11.3. The Labute approximate surface area is 210 Å². The molecule has 0 atom stereocenters. The molecule has 3 aromatic rings. The van der Waals surface area contributed by atoms with Crippen LogP contribution in [0.25, 0.3) is 0 Å². The topological polar surface area (TPSA) is 71.1 Å². The molecule has 1 aliphatic rings. The minimum atomic E-state index is -0.509. The summed E-state index contributed by atoms with van der Waals surface area (Å²) in [6.07, 6.45) is 0. The number of ether oxygens (including phenoxy) is 2. The molecule has 7 nitrogen and oxygen atoms in total. The highest BCUT2D eigenvalue weighted by Gasteiger charge is 2.22. The summed E-state index contributed by atoms with van der Waals surface area (Å²) in [5.41, 5.74) is 4.39. The van der Waals surface area contributed by atoms with Crippen molar-refractivity contribution in [1.82, 2.24) is 0 Å². The van der Waals surface area contributed by atoms with Crippen molar-refractivity contribution >= 4 is 40.5 Å². The van der Waals surface area contributed by atoms with E-state index in [0.717, 1.165) is 42.6 Å². The van der Waals surface area contributed by atoms with Gasteiger partial charge in [-0.2, -0.15) is 0 Å². The zero-order valence-electron chi connectivity index (χ0n) is 20.0. The van der Waals surface area contributed by atoms with E-state index in [-0.39, 0.29) is 5.91 Å². The highest BCUT2D eigenvalue weighted by molar-refractivity contribution is 6.30. The molecule has 1 N–H and O–H groups in total. The van der Waals surface area contributed by atoms with Gasteiger partial charge >= 0.3 is 5.97 Å². The van der Waals surface area contributed by atoms with Crippen LogP contribution in [0.1, 0.15) is 26.3 Å². The Morgan fingerprint density at radius 2 is 1.57 bits per heavy atom. The molecule has 182 valence electrons. The van der Waals surface area contributed by atoms with Crippen LogP contribution in [0.5, 0.6) is 5.75 Å². The quantitative estimate of drug-likeness (QED) is 0.486. The maximum atomic E-state index is 12.8. The molecule has 0 radical (unpaired) electrons. The first kappa shape index (κ1) is 24.4. The van der Waals surface area contributed by atoms with Crippen LogP contribution < -0.4 is 19.9 Å². The number of hydrogen-bond acceptors (Lipinski definition) is 6. The number of piperazine rings is 1. The monoisotopic (exact) mass is 493 g/mol. The Balaban J connectivity index is 1.50. The molecule has 1 heterocycles. The molecule has 0 spiro atoms. The van der Waals surface area contributed by atoms with E-state index in [2.05, 4.69) is 22.0 Å². The SMILES string of the molecule is COC(=O)c1cc(N2CCN(c3cc(Cl)ccc3C)CC2)ccc1NC(=O)c1ccc(OC)cc1. The number of aryl methyl sites for hydroxylation is 1. The van der Waals surface area contributed by atoms with Crippen molar-refractivity contribution in [3.63, 3.8) is 0 Å². The average molecular weight is 494 g/mol. The molecule has 8 heteroatoms. The minimum absolute atomic E-state index is 0.306. The van der Waals surface area contributed by atoms with Gasteiger partial charge in [0.05, 0.1) is 25.5 Å².